The summed E-state index contributed by atoms with van der Waals surface area (Å²) in [7, 11) is 0. The Hall–Kier alpha value is -1.97. The van der Waals surface area contributed by atoms with Crippen molar-refractivity contribution in [2.75, 3.05) is 6.61 Å². The van der Waals surface area contributed by atoms with Crippen molar-refractivity contribution in [3.8, 4) is 17.1 Å². The van der Waals surface area contributed by atoms with Crippen molar-refractivity contribution in [1.29, 1.82) is 0 Å². The minimum atomic E-state index is -0.947. The Kier molecular flexibility index (Phi) is 14.5. The number of alkyl halides is 1. The first-order chi connectivity index (χ1) is 16.6. The number of aryl methyl sites for hydroxylation is 1. The van der Waals surface area contributed by atoms with Gasteiger partial charge in [-0.1, -0.05) is 109 Å². The molecule has 2 unspecified atom stereocenters. The van der Waals surface area contributed by atoms with Gasteiger partial charge in [0.25, 0.3) is 0 Å². The molecule has 0 fully saturated rings. The van der Waals surface area contributed by atoms with Crippen LogP contribution in [0, 0.1) is 5.92 Å². The third kappa shape index (κ3) is 11.9. The lowest BCUT2D eigenvalue weighted by Crippen LogP contribution is -2.14. The minimum absolute atomic E-state index is 0.0661. The molecule has 2 aromatic rings. The number of hydrogen-bond acceptors (Lipinski definition) is 3. The normalized spacial score (nSPS) is 13.1. The molecule has 0 aliphatic carbocycles. The first kappa shape index (κ1) is 28.3. The smallest absolute Gasteiger partial charge is 0.159 e. The van der Waals surface area contributed by atoms with Crippen molar-refractivity contribution in [1.82, 2.24) is 9.97 Å². The first-order valence-electron chi connectivity index (χ1n) is 13.8. The Morgan fingerprint density at radius 2 is 1.38 bits per heavy atom. The summed E-state index contributed by atoms with van der Waals surface area (Å²) in [6, 6.07) is 8.54. The highest BCUT2D eigenvalue weighted by Crippen LogP contribution is 2.20. The van der Waals surface area contributed by atoms with Gasteiger partial charge in [0.15, 0.2) is 11.6 Å². The maximum atomic E-state index is 14.2. The lowest BCUT2D eigenvalue weighted by atomic mass is 9.98. The quantitative estimate of drug-likeness (QED) is 0.192. The molecule has 0 saturated heterocycles. The van der Waals surface area contributed by atoms with Gasteiger partial charge in [0.2, 0.25) is 0 Å². The van der Waals surface area contributed by atoms with Gasteiger partial charge >= 0.3 is 0 Å². The first-order valence-corrected chi connectivity index (χ1v) is 13.8. The summed E-state index contributed by atoms with van der Waals surface area (Å²) in [6.45, 7) is 6.73. The van der Waals surface area contributed by atoms with Gasteiger partial charge < -0.3 is 4.74 Å². The molecule has 1 aromatic carbocycles. The van der Waals surface area contributed by atoms with Gasteiger partial charge in [-0.15, -0.1) is 0 Å². The highest BCUT2D eigenvalue weighted by Gasteiger charge is 2.11. The molecule has 2 rings (SSSR count). The van der Waals surface area contributed by atoms with Crippen LogP contribution in [0.4, 0.5) is 4.39 Å². The van der Waals surface area contributed by atoms with Gasteiger partial charge in [0, 0.05) is 5.56 Å². The van der Waals surface area contributed by atoms with Crippen molar-refractivity contribution in [3.05, 3.63) is 42.2 Å². The van der Waals surface area contributed by atoms with Crippen LogP contribution in [0.5, 0.6) is 5.75 Å². The van der Waals surface area contributed by atoms with E-state index in [9.17, 15) is 4.39 Å². The van der Waals surface area contributed by atoms with Gasteiger partial charge in [0.05, 0.1) is 12.4 Å². The second-order valence-electron chi connectivity index (χ2n) is 9.90. The number of halogens is 1. The van der Waals surface area contributed by atoms with Crippen molar-refractivity contribution in [2.24, 2.45) is 5.92 Å². The van der Waals surface area contributed by atoms with Crippen molar-refractivity contribution >= 4 is 0 Å². The summed E-state index contributed by atoms with van der Waals surface area (Å²) in [4.78, 5) is 8.85. The molecule has 3 nitrogen and oxygen atoms in total. The summed E-state index contributed by atoms with van der Waals surface area (Å²) in [6.07, 6.45) is 19.3. The minimum Gasteiger partial charge on any atom is -0.487 e. The molecule has 34 heavy (non-hydrogen) atoms. The van der Waals surface area contributed by atoms with E-state index in [0.717, 1.165) is 18.4 Å². The molecule has 0 bridgehead atoms. The Morgan fingerprint density at radius 1 is 0.765 bits per heavy atom. The average Bonchev–Trinajstić information content (AvgIpc) is 2.87. The fraction of sp³-hybridized carbons (Fsp3) is 0.667. The molecule has 0 saturated carbocycles. The van der Waals surface area contributed by atoms with Crippen LogP contribution in [0.25, 0.3) is 11.4 Å². The third-order valence-corrected chi connectivity index (χ3v) is 6.61. The number of nitrogens with zero attached hydrogens (tertiary/aromatic N) is 2. The Morgan fingerprint density at radius 3 is 2.03 bits per heavy atom. The summed E-state index contributed by atoms with van der Waals surface area (Å²) in [5, 5.41) is 0. The largest absolute Gasteiger partial charge is 0.487 e. The van der Waals surface area contributed by atoms with Crippen LogP contribution in [-0.4, -0.2) is 22.7 Å². The van der Waals surface area contributed by atoms with Crippen molar-refractivity contribution in [2.45, 2.75) is 117 Å². The number of rotatable bonds is 19. The Balaban J connectivity index is 1.67. The van der Waals surface area contributed by atoms with E-state index in [1.54, 1.807) is 12.4 Å². The molecule has 0 aliphatic heterocycles. The van der Waals surface area contributed by atoms with Crippen LogP contribution < -0.4 is 4.74 Å². The zero-order chi connectivity index (χ0) is 24.4. The number of ether oxygens (including phenoxy) is 1. The average molecular weight is 471 g/mol. The molecule has 0 radical (unpaired) electrons. The predicted molar refractivity (Wildman–Crippen MR) is 142 cm³/mol. The molecular weight excluding hydrogens is 423 g/mol. The molecule has 4 heteroatoms. The van der Waals surface area contributed by atoms with Crippen LogP contribution in [0.15, 0.2) is 36.7 Å². The SMILES string of the molecule is CCCCCCCCCCc1ccc(-c2ncc(OCC(F)CCC(C)CCCC)cn2)cc1. The zero-order valence-electron chi connectivity index (χ0n) is 21.9. The molecule has 0 spiro atoms. The van der Waals surface area contributed by atoms with Gasteiger partial charge in [-0.05, 0) is 37.2 Å². The molecule has 190 valence electrons. The van der Waals surface area contributed by atoms with E-state index in [4.69, 9.17) is 4.74 Å². The van der Waals surface area contributed by atoms with Gasteiger partial charge in [0.1, 0.15) is 12.8 Å². The third-order valence-electron chi connectivity index (χ3n) is 6.61. The van der Waals surface area contributed by atoms with Crippen molar-refractivity contribution in [3.63, 3.8) is 0 Å². The maximum Gasteiger partial charge on any atom is 0.159 e. The topological polar surface area (TPSA) is 35.0 Å². The summed E-state index contributed by atoms with van der Waals surface area (Å²) < 4.78 is 19.8. The standard InChI is InChI=1S/C30H47FN2O/c1-4-6-8-9-10-11-12-13-15-26-17-19-27(20-18-26)30-32-22-29(23-33-30)34-24-28(31)21-16-25(3)14-7-5-2/h17-20,22-23,25,28H,4-16,21,24H2,1-3H3. The van der Waals surface area contributed by atoms with Gasteiger partial charge in [-0.3, -0.25) is 0 Å². The highest BCUT2D eigenvalue weighted by molar-refractivity contribution is 5.55. The van der Waals surface area contributed by atoms with Crippen LogP contribution in [0.1, 0.15) is 110 Å². The lowest BCUT2D eigenvalue weighted by molar-refractivity contribution is 0.177. The molecule has 0 aliphatic rings. The second-order valence-corrected chi connectivity index (χ2v) is 9.90. The number of benzene rings is 1. The Bertz CT molecular complexity index is 747. The summed E-state index contributed by atoms with van der Waals surface area (Å²) in [5.74, 6) is 1.77. The van der Waals surface area contributed by atoms with Crippen LogP contribution in [0.2, 0.25) is 0 Å². The number of aromatic nitrogens is 2. The molecule has 0 N–H and O–H groups in total. The van der Waals surface area contributed by atoms with Gasteiger partial charge in [-0.25, -0.2) is 14.4 Å². The van der Waals surface area contributed by atoms with E-state index < -0.39 is 6.17 Å². The molecule has 2 atom stereocenters. The van der Waals surface area contributed by atoms with Crippen LogP contribution in [-0.2, 0) is 6.42 Å². The highest BCUT2D eigenvalue weighted by atomic mass is 19.1. The summed E-state index contributed by atoms with van der Waals surface area (Å²) in [5.41, 5.74) is 2.36. The lowest BCUT2D eigenvalue weighted by Gasteiger charge is -2.14. The second kappa shape index (κ2) is 17.5. The van der Waals surface area contributed by atoms with Crippen LogP contribution in [0.3, 0.4) is 0 Å². The van der Waals surface area contributed by atoms with E-state index in [2.05, 4.69) is 55.0 Å². The maximum absolute atomic E-state index is 14.2. The predicted octanol–water partition coefficient (Wildman–Crippen LogP) is 9.15. The monoisotopic (exact) mass is 470 g/mol. The van der Waals surface area contributed by atoms with Crippen LogP contribution >= 0.6 is 0 Å². The van der Waals surface area contributed by atoms with E-state index in [1.807, 2.05) is 0 Å². The fourth-order valence-electron chi connectivity index (χ4n) is 4.26. The number of hydrogen-bond donors (Lipinski definition) is 0. The zero-order valence-corrected chi connectivity index (χ0v) is 21.9. The molecule has 1 aromatic heterocycles. The Labute approximate surface area is 208 Å². The number of unbranched alkanes of at least 4 members (excludes halogenated alkanes) is 8. The van der Waals surface area contributed by atoms with E-state index >= 15 is 0 Å². The molecule has 1 heterocycles. The van der Waals surface area contributed by atoms with E-state index in [-0.39, 0.29) is 6.61 Å². The molecule has 0 amide bonds. The summed E-state index contributed by atoms with van der Waals surface area (Å²) >= 11 is 0. The fourth-order valence-corrected chi connectivity index (χ4v) is 4.26. The van der Waals surface area contributed by atoms with Gasteiger partial charge in [-0.2, -0.15) is 0 Å². The molecular formula is C30H47FN2O. The van der Waals surface area contributed by atoms with E-state index in [0.29, 0.717) is 23.9 Å². The van der Waals surface area contributed by atoms with Crippen molar-refractivity contribution < 1.29 is 9.13 Å². The van der Waals surface area contributed by atoms with E-state index in [1.165, 1.54) is 76.2 Å².